The summed E-state index contributed by atoms with van der Waals surface area (Å²) in [6.07, 6.45) is 1.06. The topological polar surface area (TPSA) is 57.0 Å². The van der Waals surface area contributed by atoms with Crippen LogP contribution in [0.15, 0.2) is 23.0 Å². The molecule has 0 radical (unpaired) electrons. The SMILES string of the molecule is Cc1cc2cc(CN(CC[NH+](C)C)C(=S)NCCC[NH+](C)C)c(=O)[nH]c2cc1C. The highest BCUT2D eigenvalue weighted by atomic mass is 32.1. The highest BCUT2D eigenvalue weighted by Crippen LogP contribution is 2.17. The van der Waals surface area contributed by atoms with E-state index in [9.17, 15) is 4.79 Å². The number of benzene rings is 1. The number of pyridine rings is 1. The van der Waals surface area contributed by atoms with Gasteiger partial charge in [-0.3, -0.25) is 4.79 Å². The second-order valence-electron chi connectivity index (χ2n) is 8.57. The van der Waals surface area contributed by atoms with Crippen molar-refractivity contribution in [2.45, 2.75) is 26.8 Å². The maximum atomic E-state index is 12.7. The molecule has 0 saturated carbocycles. The summed E-state index contributed by atoms with van der Waals surface area (Å²) in [5.74, 6) is 0. The molecule has 1 aromatic heterocycles. The number of nitrogens with one attached hydrogen (secondary N) is 4. The van der Waals surface area contributed by atoms with Crippen LogP contribution in [0, 0.1) is 13.8 Å². The van der Waals surface area contributed by atoms with Gasteiger partial charge in [-0.15, -0.1) is 0 Å². The molecule has 0 aliphatic rings. The predicted octanol–water partition coefficient (Wildman–Crippen LogP) is -0.499. The number of fused-ring (bicyclic) bond motifs is 1. The fourth-order valence-corrected chi connectivity index (χ4v) is 3.46. The molecule has 1 aromatic carbocycles. The van der Waals surface area contributed by atoms with Crippen molar-refractivity contribution in [1.29, 1.82) is 0 Å². The van der Waals surface area contributed by atoms with Crippen molar-refractivity contribution >= 4 is 28.2 Å². The number of rotatable bonds is 9. The van der Waals surface area contributed by atoms with Gasteiger partial charge in [-0.2, -0.15) is 0 Å². The Morgan fingerprint density at radius 1 is 1.07 bits per heavy atom. The summed E-state index contributed by atoms with van der Waals surface area (Å²) in [6.45, 7) is 8.37. The molecule has 0 unspecified atom stereocenters. The maximum absolute atomic E-state index is 12.7. The van der Waals surface area contributed by atoms with Crippen LogP contribution in [0.2, 0.25) is 0 Å². The van der Waals surface area contributed by atoms with Gasteiger partial charge in [-0.05, 0) is 60.8 Å². The highest BCUT2D eigenvalue weighted by molar-refractivity contribution is 7.80. The Balaban J connectivity index is 2.18. The monoisotopic (exact) mass is 419 g/mol. The van der Waals surface area contributed by atoms with Crippen LogP contribution in [0.5, 0.6) is 0 Å². The second-order valence-corrected chi connectivity index (χ2v) is 8.96. The van der Waals surface area contributed by atoms with E-state index >= 15 is 0 Å². The Labute approximate surface area is 179 Å². The molecule has 4 N–H and O–H groups in total. The van der Waals surface area contributed by atoms with E-state index in [1.54, 1.807) is 0 Å². The molecule has 6 nitrogen and oxygen atoms in total. The maximum Gasteiger partial charge on any atom is 0.253 e. The van der Waals surface area contributed by atoms with Gasteiger partial charge in [0.2, 0.25) is 0 Å². The average Bonchev–Trinajstić information content (AvgIpc) is 2.63. The molecule has 1 heterocycles. The molecule has 0 saturated heterocycles. The van der Waals surface area contributed by atoms with Crippen molar-refractivity contribution in [1.82, 2.24) is 15.2 Å². The van der Waals surface area contributed by atoms with Crippen LogP contribution in [0.3, 0.4) is 0 Å². The number of quaternary nitrogens is 2. The molecule has 0 amide bonds. The van der Waals surface area contributed by atoms with E-state index in [2.05, 4.69) is 63.3 Å². The molecule has 0 aliphatic heterocycles. The fraction of sp³-hybridized carbons (Fsp3) is 0.545. The van der Waals surface area contributed by atoms with E-state index in [1.165, 1.54) is 20.9 Å². The van der Waals surface area contributed by atoms with Crippen molar-refractivity contribution < 1.29 is 9.80 Å². The molecular formula is C22H37N5OS+2. The Morgan fingerprint density at radius 2 is 1.72 bits per heavy atom. The van der Waals surface area contributed by atoms with Crippen molar-refractivity contribution in [2.24, 2.45) is 0 Å². The summed E-state index contributed by atoms with van der Waals surface area (Å²) in [7, 11) is 8.56. The predicted molar refractivity (Wildman–Crippen MR) is 125 cm³/mol. The molecule has 0 spiro atoms. The standard InChI is InChI=1S/C22H35N5OS/c1-16-12-18-14-19(21(28)24-20(18)13-17(16)2)15-27(11-10-26(5)6)22(29)23-8-7-9-25(3)4/h12-14H,7-11,15H2,1-6H3,(H,23,29)(H,24,28)/p+2. The van der Waals surface area contributed by atoms with Crippen molar-refractivity contribution in [3.8, 4) is 0 Å². The number of hydrogen-bond acceptors (Lipinski definition) is 2. The number of aromatic nitrogens is 1. The van der Waals surface area contributed by atoms with Crippen molar-refractivity contribution in [3.05, 3.63) is 45.2 Å². The van der Waals surface area contributed by atoms with Gasteiger partial charge in [0.1, 0.15) is 0 Å². The Kier molecular flexibility index (Phi) is 8.61. The molecule has 0 fully saturated rings. The van der Waals surface area contributed by atoms with E-state index in [1.807, 2.05) is 12.1 Å². The summed E-state index contributed by atoms with van der Waals surface area (Å²) >= 11 is 5.67. The largest absolute Gasteiger partial charge is 0.362 e. The number of nitrogens with zero attached hydrogens (tertiary/aromatic N) is 1. The molecule has 0 aliphatic carbocycles. The Hall–Kier alpha value is -1.96. The van der Waals surface area contributed by atoms with Crippen LogP contribution in [0.25, 0.3) is 10.9 Å². The van der Waals surface area contributed by atoms with Crippen LogP contribution >= 0.6 is 12.2 Å². The van der Waals surface area contributed by atoms with Gasteiger partial charge in [0, 0.05) is 24.0 Å². The molecule has 7 heteroatoms. The number of likely N-dealkylation sites (N-methyl/N-ethyl adjacent to an activating group) is 1. The van der Waals surface area contributed by atoms with Crippen molar-refractivity contribution in [2.75, 3.05) is 54.4 Å². The normalized spacial score (nSPS) is 11.4. The van der Waals surface area contributed by atoms with E-state index in [-0.39, 0.29) is 5.56 Å². The smallest absolute Gasteiger partial charge is 0.253 e. The summed E-state index contributed by atoms with van der Waals surface area (Å²) in [4.78, 5) is 20.7. The van der Waals surface area contributed by atoms with Gasteiger partial charge < -0.3 is 25.0 Å². The average molecular weight is 420 g/mol. The van der Waals surface area contributed by atoms with E-state index < -0.39 is 0 Å². The number of thiocarbonyl (C=S) groups is 1. The summed E-state index contributed by atoms with van der Waals surface area (Å²) in [6, 6.07) is 6.19. The Morgan fingerprint density at radius 3 is 2.38 bits per heavy atom. The van der Waals surface area contributed by atoms with Gasteiger partial charge in [0.25, 0.3) is 5.56 Å². The van der Waals surface area contributed by atoms with E-state index in [4.69, 9.17) is 12.2 Å². The molecule has 160 valence electrons. The third-order valence-electron chi connectivity index (χ3n) is 5.20. The lowest BCUT2D eigenvalue weighted by Gasteiger charge is -2.26. The zero-order valence-electron chi connectivity index (χ0n) is 18.7. The lowest BCUT2D eigenvalue weighted by atomic mass is 10.0. The first-order valence-electron chi connectivity index (χ1n) is 10.4. The van der Waals surface area contributed by atoms with Crippen LogP contribution in [0.1, 0.15) is 23.1 Å². The molecule has 0 atom stereocenters. The number of hydrogen-bond donors (Lipinski definition) is 4. The van der Waals surface area contributed by atoms with Crippen LogP contribution in [0.4, 0.5) is 0 Å². The number of aromatic amines is 1. The number of H-pyrrole nitrogens is 1. The van der Waals surface area contributed by atoms with E-state index in [0.717, 1.165) is 54.2 Å². The summed E-state index contributed by atoms with van der Waals surface area (Å²) in [5.41, 5.74) is 4.00. The molecule has 2 aromatic rings. The third-order valence-corrected chi connectivity index (χ3v) is 5.60. The van der Waals surface area contributed by atoms with Gasteiger partial charge in [0.05, 0.1) is 54.4 Å². The molecular weight excluding hydrogens is 382 g/mol. The summed E-state index contributed by atoms with van der Waals surface area (Å²) < 4.78 is 0. The van der Waals surface area contributed by atoms with Crippen LogP contribution in [-0.2, 0) is 6.54 Å². The third kappa shape index (κ3) is 7.10. The molecule has 29 heavy (non-hydrogen) atoms. The minimum Gasteiger partial charge on any atom is -0.362 e. The lowest BCUT2D eigenvalue weighted by Crippen LogP contribution is -3.06. The first-order valence-corrected chi connectivity index (χ1v) is 10.8. The summed E-state index contributed by atoms with van der Waals surface area (Å²) in [5, 5.41) is 5.16. The van der Waals surface area contributed by atoms with Crippen molar-refractivity contribution in [3.63, 3.8) is 0 Å². The molecule has 0 bridgehead atoms. The lowest BCUT2D eigenvalue weighted by molar-refractivity contribution is -0.858. The second kappa shape index (κ2) is 10.7. The number of aryl methyl sites for hydroxylation is 2. The quantitative estimate of drug-likeness (QED) is 0.327. The van der Waals surface area contributed by atoms with Gasteiger partial charge in [-0.25, -0.2) is 0 Å². The fourth-order valence-electron chi connectivity index (χ4n) is 3.21. The van der Waals surface area contributed by atoms with Gasteiger partial charge in [0.15, 0.2) is 5.11 Å². The van der Waals surface area contributed by atoms with Crippen LogP contribution in [-0.4, -0.2) is 69.4 Å². The van der Waals surface area contributed by atoms with Gasteiger partial charge >= 0.3 is 0 Å². The van der Waals surface area contributed by atoms with E-state index in [0.29, 0.717) is 6.54 Å². The first-order chi connectivity index (χ1) is 13.7. The Bertz CT molecular complexity index is 891. The van der Waals surface area contributed by atoms with Crippen LogP contribution < -0.4 is 20.7 Å². The first kappa shape index (κ1) is 23.3. The van der Waals surface area contributed by atoms with Gasteiger partial charge in [-0.1, -0.05) is 0 Å². The zero-order valence-corrected chi connectivity index (χ0v) is 19.6. The highest BCUT2D eigenvalue weighted by Gasteiger charge is 2.15. The molecule has 2 rings (SSSR count). The minimum absolute atomic E-state index is 0.0399. The zero-order chi connectivity index (χ0) is 21.6. The minimum atomic E-state index is -0.0399.